The summed E-state index contributed by atoms with van der Waals surface area (Å²) < 4.78 is 5.23. The Hall–Kier alpha value is -0.206. The molecule has 0 bridgehead atoms. The molecule has 0 N–H and O–H groups in total. The third-order valence-corrected chi connectivity index (χ3v) is 2.90. The molecule has 0 saturated carbocycles. The van der Waals surface area contributed by atoms with E-state index in [0.717, 1.165) is 11.1 Å². The molecule has 79 valence electrons. The fourth-order valence-electron chi connectivity index (χ4n) is 1.63. The quantitative estimate of drug-likeness (QED) is 0.691. The molecule has 0 atom stereocenters. The summed E-state index contributed by atoms with van der Waals surface area (Å²) in [5, 5.41) is 0. The standard InChI is InChI=1S/C11H12NO.CH3.Y/c1-6-7(2)9(4)11-10(8(6)3)12-5-13-11;;/h1-4H3;1H3;/q2*-1;. The molecule has 15 heavy (non-hydrogen) atoms. The van der Waals surface area contributed by atoms with E-state index >= 15 is 0 Å². The minimum atomic E-state index is 0. The van der Waals surface area contributed by atoms with Crippen LogP contribution in [0.15, 0.2) is 4.42 Å². The van der Waals surface area contributed by atoms with Crippen molar-refractivity contribution in [2.24, 2.45) is 0 Å². The van der Waals surface area contributed by atoms with Crippen molar-refractivity contribution < 1.29 is 37.1 Å². The van der Waals surface area contributed by atoms with E-state index in [9.17, 15) is 0 Å². The third-order valence-electron chi connectivity index (χ3n) is 2.90. The van der Waals surface area contributed by atoms with Gasteiger partial charge >= 0.3 is 0 Å². The summed E-state index contributed by atoms with van der Waals surface area (Å²) in [4.78, 5) is 4.09. The van der Waals surface area contributed by atoms with Crippen LogP contribution in [0, 0.1) is 41.5 Å². The van der Waals surface area contributed by atoms with Gasteiger partial charge in [0.15, 0.2) is 0 Å². The first-order valence-electron chi connectivity index (χ1n) is 4.36. The van der Waals surface area contributed by atoms with Crippen LogP contribution in [-0.2, 0) is 32.7 Å². The van der Waals surface area contributed by atoms with Crippen molar-refractivity contribution in [2.75, 3.05) is 0 Å². The molecular weight excluding hydrogens is 263 g/mol. The molecule has 3 heteroatoms. The van der Waals surface area contributed by atoms with Gasteiger partial charge in [0.05, 0.1) is 0 Å². The molecule has 1 radical (unpaired) electrons. The van der Waals surface area contributed by atoms with Crippen LogP contribution in [0.4, 0.5) is 0 Å². The first kappa shape index (κ1) is 14.8. The number of hydrogen-bond donors (Lipinski definition) is 0. The van der Waals surface area contributed by atoms with E-state index in [1.54, 1.807) is 0 Å². The second-order valence-electron chi connectivity index (χ2n) is 3.48. The number of nitrogens with zero attached hydrogens (tertiary/aromatic N) is 1. The van der Waals surface area contributed by atoms with Crippen LogP contribution < -0.4 is 0 Å². The number of aryl methyl sites for hydroxylation is 2. The van der Waals surface area contributed by atoms with E-state index in [0.29, 0.717) is 0 Å². The molecule has 1 aromatic carbocycles. The van der Waals surface area contributed by atoms with Crippen LogP contribution in [0.1, 0.15) is 22.3 Å². The predicted octanol–water partition coefficient (Wildman–Crippen LogP) is 3.31. The first-order chi connectivity index (χ1) is 6.13. The summed E-state index contributed by atoms with van der Waals surface area (Å²) in [6.45, 7) is 8.36. The zero-order chi connectivity index (χ0) is 9.59. The molecule has 0 fully saturated rings. The average Bonchev–Trinajstić information content (AvgIpc) is 2.59. The monoisotopic (exact) mass is 278 g/mol. The molecule has 0 aliphatic carbocycles. The van der Waals surface area contributed by atoms with E-state index in [-0.39, 0.29) is 40.1 Å². The SMILES string of the molecule is Cc1c(C)c(C)c2o[c-]nc2c1C.[CH3-].[Y]. The molecule has 0 spiro atoms. The van der Waals surface area contributed by atoms with E-state index < -0.39 is 0 Å². The van der Waals surface area contributed by atoms with Gasteiger partial charge in [0.1, 0.15) is 6.39 Å². The van der Waals surface area contributed by atoms with Crippen LogP contribution in [0.3, 0.4) is 0 Å². The Labute approximate surface area is 116 Å². The van der Waals surface area contributed by atoms with Gasteiger partial charge < -0.3 is 16.8 Å². The van der Waals surface area contributed by atoms with Crippen LogP contribution in [-0.4, -0.2) is 4.98 Å². The summed E-state index contributed by atoms with van der Waals surface area (Å²) in [7, 11) is 0. The number of oxazole rings is 1. The van der Waals surface area contributed by atoms with Gasteiger partial charge in [-0.2, -0.15) is 0 Å². The number of aromatic nitrogens is 1. The van der Waals surface area contributed by atoms with Gasteiger partial charge in [-0.05, 0) is 38.8 Å². The summed E-state index contributed by atoms with van der Waals surface area (Å²) in [5.74, 6) is 0. The molecule has 0 aliphatic rings. The average molecular weight is 278 g/mol. The van der Waals surface area contributed by atoms with Crippen molar-refractivity contribution in [1.29, 1.82) is 0 Å². The third kappa shape index (κ3) is 2.16. The minimum Gasteiger partial charge on any atom is -0.573 e. The summed E-state index contributed by atoms with van der Waals surface area (Å²) in [5.41, 5.74) is 6.78. The molecule has 0 amide bonds. The number of fused-ring (bicyclic) bond motifs is 1. The Morgan fingerprint density at radius 1 is 0.933 bits per heavy atom. The van der Waals surface area contributed by atoms with Crippen LogP contribution in [0.5, 0.6) is 0 Å². The maximum Gasteiger partial charge on any atom is 0.103 e. The molecule has 2 aromatic rings. The van der Waals surface area contributed by atoms with E-state index in [1.807, 2.05) is 0 Å². The second kappa shape index (κ2) is 5.22. The molecule has 0 unspecified atom stereocenters. The van der Waals surface area contributed by atoms with Gasteiger partial charge in [-0.1, -0.05) is 22.3 Å². The number of benzene rings is 1. The van der Waals surface area contributed by atoms with Crippen LogP contribution in [0.25, 0.3) is 11.1 Å². The minimum absolute atomic E-state index is 0. The predicted molar refractivity (Wildman–Crippen MR) is 58.2 cm³/mol. The topological polar surface area (TPSA) is 26.0 Å². The summed E-state index contributed by atoms with van der Waals surface area (Å²) in [6.07, 6.45) is 2.55. The summed E-state index contributed by atoms with van der Waals surface area (Å²) in [6, 6.07) is 0. The summed E-state index contributed by atoms with van der Waals surface area (Å²) >= 11 is 0. The van der Waals surface area contributed by atoms with Gasteiger partial charge in [-0.3, -0.25) is 0 Å². The molecular formula is C12H15NOY-2. The Balaban J connectivity index is 0.000000980. The molecule has 1 heterocycles. The maximum absolute atomic E-state index is 5.23. The van der Waals surface area contributed by atoms with Crippen molar-refractivity contribution in [3.05, 3.63) is 36.1 Å². The van der Waals surface area contributed by atoms with E-state index in [2.05, 4.69) is 39.1 Å². The second-order valence-corrected chi connectivity index (χ2v) is 3.48. The number of rotatable bonds is 0. The zero-order valence-electron chi connectivity index (χ0n) is 9.93. The normalized spacial score (nSPS) is 9.60. The molecule has 2 nitrogen and oxygen atoms in total. The number of hydrogen-bond acceptors (Lipinski definition) is 2. The van der Waals surface area contributed by atoms with Gasteiger partial charge in [0.25, 0.3) is 0 Å². The zero-order valence-corrected chi connectivity index (χ0v) is 12.8. The van der Waals surface area contributed by atoms with Gasteiger partial charge in [-0.25, -0.2) is 0 Å². The Kier molecular flexibility index (Phi) is 5.15. The van der Waals surface area contributed by atoms with Crippen molar-refractivity contribution in [3.63, 3.8) is 0 Å². The first-order valence-corrected chi connectivity index (χ1v) is 4.36. The largest absolute Gasteiger partial charge is 0.573 e. The van der Waals surface area contributed by atoms with Crippen molar-refractivity contribution in [2.45, 2.75) is 27.7 Å². The van der Waals surface area contributed by atoms with E-state index in [1.165, 1.54) is 22.3 Å². The smallest absolute Gasteiger partial charge is 0.103 e. The van der Waals surface area contributed by atoms with Gasteiger partial charge in [-0.15, -0.1) is 0 Å². The Morgan fingerprint density at radius 2 is 1.47 bits per heavy atom. The molecule has 2 rings (SSSR count). The Morgan fingerprint density at radius 3 is 2.07 bits per heavy atom. The van der Waals surface area contributed by atoms with Crippen LogP contribution >= 0.6 is 0 Å². The van der Waals surface area contributed by atoms with Gasteiger partial charge in [0, 0.05) is 32.7 Å². The molecule has 0 aliphatic heterocycles. The Bertz CT molecular complexity index is 432. The van der Waals surface area contributed by atoms with Crippen molar-refractivity contribution in [1.82, 2.24) is 4.98 Å². The molecule has 1 aromatic heterocycles. The molecule has 0 saturated heterocycles. The maximum atomic E-state index is 5.23. The van der Waals surface area contributed by atoms with Crippen molar-refractivity contribution in [3.8, 4) is 0 Å². The fraction of sp³-hybridized carbons (Fsp3) is 0.333. The fourth-order valence-corrected chi connectivity index (χ4v) is 1.63. The van der Waals surface area contributed by atoms with Gasteiger partial charge in [0.2, 0.25) is 0 Å². The van der Waals surface area contributed by atoms with E-state index in [4.69, 9.17) is 4.42 Å². The van der Waals surface area contributed by atoms with Crippen LogP contribution in [0.2, 0.25) is 0 Å². The van der Waals surface area contributed by atoms with Crippen molar-refractivity contribution >= 4 is 11.1 Å².